The van der Waals surface area contributed by atoms with Crippen molar-refractivity contribution in [3.05, 3.63) is 64.3 Å². The van der Waals surface area contributed by atoms with Crippen molar-refractivity contribution in [1.29, 1.82) is 0 Å². The van der Waals surface area contributed by atoms with E-state index in [0.717, 1.165) is 31.5 Å². The van der Waals surface area contributed by atoms with Gasteiger partial charge < -0.3 is 4.90 Å². The summed E-state index contributed by atoms with van der Waals surface area (Å²) in [7, 11) is 4.29. The van der Waals surface area contributed by atoms with Crippen molar-refractivity contribution in [3.8, 4) is 0 Å². The number of likely N-dealkylation sites (N-methyl/N-ethyl adjacent to an activating group) is 1. The largest absolute Gasteiger partial charge is 0.309 e. The van der Waals surface area contributed by atoms with Gasteiger partial charge in [0.15, 0.2) is 0 Å². The Morgan fingerprint density at radius 1 is 1.00 bits per heavy atom. The van der Waals surface area contributed by atoms with E-state index < -0.39 is 0 Å². The fourth-order valence-corrected chi connectivity index (χ4v) is 4.11. The molecular formula is C20H24N2S. The van der Waals surface area contributed by atoms with Gasteiger partial charge in [-0.3, -0.25) is 4.98 Å². The number of rotatable bonds is 6. The minimum Gasteiger partial charge on any atom is -0.309 e. The summed E-state index contributed by atoms with van der Waals surface area (Å²) < 4.78 is 1.42. The van der Waals surface area contributed by atoms with Crippen LogP contribution < -0.4 is 0 Å². The Hall–Kier alpha value is -1.71. The van der Waals surface area contributed by atoms with E-state index in [4.69, 9.17) is 0 Å². The average molecular weight is 324 g/mol. The predicted molar refractivity (Wildman–Crippen MR) is 100 cm³/mol. The van der Waals surface area contributed by atoms with Crippen LogP contribution in [0, 0.1) is 6.92 Å². The first-order valence-electron chi connectivity index (χ1n) is 8.19. The molecule has 0 aliphatic rings. The zero-order chi connectivity index (χ0) is 16.2. The summed E-state index contributed by atoms with van der Waals surface area (Å²) >= 11 is 1.96. The topological polar surface area (TPSA) is 16.1 Å². The fraction of sp³-hybridized carbons (Fsp3) is 0.350. The summed E-state index contributed by atoms with van der Waals surface area (Å²) in [6.45, 7) is 3.14. The molecule has 2 nitrogen and oxygen atoms in total. The smallest absolute Gasteiger partial charge is 0.0372 e. The molecule has 2 heterocycles. The Kier molecular flexibility index (Phi) is 5.09. The van der Waals surface area contributed by atoms with Crippen LogP contribution in [0.1, 0.15) is 21.7 Å². The number of nitrogens with zero attached hydrogens (tertiary/aromatic N) is 2. The third-order valence-electron chi connectivity index (χ3n) is 4.20. The van der Waals surface area contributed by atoms with E-state index in [1.54, 1.807) is 4.88 Å². The molecule has 0 amide bonds. The normalized spacial score (nSPS) is 11.5. The molecule has 0 aliphatic heterocycles. The van der Waals surface area contributed by atoms with E-state index in [2.05, 4.69) is 60.4 Å². The van der Waals surface area contributed by atoms with Crippen LogP contribution in [0.5, 0.6) is 0 Å². The highest BCUT2D eigenvalue weighted by Gasteiger charge is 2.12. The number of benzene rings is 1. The maximum atomic E-state index is 4.42. The van der Waals surface area contributed by atoms with Crippen LogP contribution in [0.4, 0.5) is 0 Å². The first-order chi connectivity index (χ1) is 11.1. The molecule has 2 aromatic heterocycles. The minimum absolute atomic E-state index is 1.06. The predicted octanol–water partition coefficient (Wildman–Crippen LogP) is 4.49. The number of hydrogen-bond donors (Lipinski definition) is 0. The molecule has 3 rings (SSSR count). The van der Waals surface area contributed by atoms with Crippen molar-refractivity contribution in [2.75, 3.05) is 20.6 Å². The molecule has 120 valence electrons. The molecular weight excluding hydrogens is 300 g/mol. The monoisotopic (exact) mass is 324 g/mol. The molecule has 0 saturated heterocycles. The zero-order valence-corrected chi connectivity index (χ0v) is 15.0. The van der Waals surface area contributed by atoms with E-state index in [1.807, 2.05) is 24.5 Å². The first kappa shape index (κ1) is 16.2. The standard InChI is InChI=1S/C20H24N2S/c1-15-8-9-16(14-21-15)10-11-18-17-6-4-5-7-19(17)23-20(18)12-13-22(2)3/h4-9,14H,10-13H2,1-3H3. The van der Waals surface area contributed by atoms with Gasteiger partial charge in [-0.05, 0) is 68.9 Å². The number of thiophene rings is 1. The number of fused-ring (bicyclic) bond motifs is 1. The Balaban J connectivity index is 1.84. The van der Waals surface area contributed by atoms with Crippen molar-refractivity contribution >= 4 is 21.4 Å². The van der Waals surface area contributed by atoms with Crippen molar-refractivity contribution in [2.24, 2.45) is 0 Å². The summed E-state index contributed by atoms with van der Waals surface area (Å²) in [6, 6.07) is 13.1. The van der Waals surface area contributed by atoms with Gasteiger partial charge in [-0.1, -0.05) is 24.3 Å². The van der Waals surface area contributed by atoms with Crippen molar-refractivity contribution in [3.63, 3.8) is 0 Å². The lowest BCUT2D eigenvalue weighted by Crippen LogP contribution is -2.15. The fourth-order valence-electron chi connectivity index (χ4n) is 2.87. The number of pyridine rings is 1. The Bertz CT molecular complexity index is 772. The lowest BCUT2D eigenvalue weighted by molar-refractivity contribution is 0.414. The third kappa shape index (κ3) is 3.98. The third-order valence-corrected chi connectivity index (χ3v) is 5.48. The molecule has 0 spiro atoms. The van der Waals surface area contributed by atoms with Gasteiger partial charge in [-0.15, -0.1) is 11.3 Å². The van der Waals surface area contributed by atoms with Crippen LogP contribution in [0.25, 0.3) is 10.1 Å². The van der Waals surface area contributed by atoms with Crippen molar-refractivity contribution in [1.82, 2.24) is 9.88 Å². The molecule has 0 fully saturated rings. The highest BCUT2D eigenvalue weighted by molar-refractivity contribution is 7.19. The van der Waals surface area contributed by atoms with Gasteiger partial charge in [0.2, 0.25) is 0 Å². The van der Waals surface area contributed by atoms with Gasteiger partial charge in [0.1, 0.15) is 0 Å². The Morgan fingerprint density at radius 3 is 2.57 bits per heavy atom. The molecule has 0 N–H and O–H groups in total. The molecule has 0 atom stereocenters. The molecule has 1 aromatic carbocycles. The van der Waals surface area contributed by atoms with Crippen molar-refractivity contribution in [2.45, 2.75) is 26.2 Å². The lowest BCUT2D eigenvalue weighted by Gasteiger charge is -2.10. The highest BCUT2D eigenvalue weighted by atomic mass is 32.1. The average Bonchev–Trinajstić information content (AvgIpc) is 2.90. The quantitative estimate of drug-likeness (QED) is 0.664. The molecule has 0 bridgehead atoms. The zero-order valence-electron chi connectivity index (χ0n) is 14.2. The number of hydrogen-bond acceptors (Lipinski definition) is 3. The van der Waals surface area contributed by atoms with E-state index >= 15 is 0 Å². The van der Waals surface area contributed by atoms with Crippen LogP contribution in [0.15, 0.2) is 42.6 Å². The second-order valence-electron chi connectivity index (χ2n) is 6.36. The van der Waals surface area contributed by atoms with E-state index in [0.29, 0.717) is 0 Å². The maximum absolute atomic E-state index is 4.42. The minimum atomic E-state index is 1.06. The Labute approximate surface area is 142 Å². The van der Waals surface area contributed by atoms with E-state index in [1.165, 1.54) is 21.2 Å². The molecule has 3 heteroatoms. The summed E-state index contributed by atoms with van der Waals surface area (Å²) in [5.41, 5.74) is 3.94. The Morgan fingerprint density at radius 2 is 1.83 bits per heavy atom. The van der Waals surface area contributed by atoms with Gasteiger partial charge in [0.05, 0.1) is 0 Å². The van der Waals surface area contributed by atoms with Gasteiger partial charge in [-0.25, -0.2) is 0 Å². The molecule has 23 heavy (non-hydrogen) atoms. The van der Waals surface area contributed by atoms with Crippen LogP contribution in [0.3, 0.4) is 0 Å². The van der Waals surface area contributed by atoms with Crippen LogP contribution in [0.2, 0.25) is 0 Å². The van der Waals surface area contributed by atoms with Crippen molar-refractivity contribution < 1.29 is 0 Å². The second kappa shape index (κ2) is 7.24. The van der Waals surface area contributed by atoms with E-state index in [9.17, 15) is 0 Å². The van der Waals surface area contributed by atoms with Gasteiger partial charge >= 0.3 is 0 Å². The summed E-state index contributed by atoms with van der Waals surface area (Å²) in [5.74, 6) is 0. The summed E-state index contributed by atoms with van der Waals surface area (Å²) in [5, 5.41) is 1.44. The van der Waals surface area contributed by atoms with Crippen LogP contribution >= 0.6 is 11.3 Å². The lowest BCUT2D eigenvalue weighted by atomic mass is 10.0. The SMILES string of the molecule is Cc1ccc(CCc2c(CCN(C)C)sc3ccccc23)cn1. The molecule has 0 aliphatic carbocycles. The van der Waals surface area contributed by atoms with Crippen LogP contribution in [-0.4, -0.2) is 30.5 Å². The molecule has 0 saturated carbocycles. The second-order valence-corrected chi connectivity index (χ2v) is 7.50. The van der Waals surface area contributed by atoms with E-state index in [-0.39, 0.29) is 0 Å². The van der Waals surface area contributed by atoms with Gasteiger partial charge in [-0.2, -0.15) is 0 Å². The number of aromatic nitrogens is 1. The summed E-state index contributed by atoms with van der Waals surface area (Å²) in [4.78, 5) is 8.22. The first-order valence-corrected chi connectivity index (χ1v) is 9.00. The molecule has 3 aromatic rings. The summed E-state index contributed by atoms with van der Waals surface area (Å²) in [6.07, 6.45) is 5.30. The van der Waals surface area contributed by atoms with Gasteiger partial charge in [0, 0.05) is 28.0 Å². The van der Waals surface area contributed by atoms with Crippen LogP contribution in [-0.2, 0) is 19.3 Å². The number of aryl methyl sites for hydroxylation is 3. The highest BCUT2D eigenvalue weighted by Crippen LogP contribution is 2.32. The molecule has 0 radical (unpaired) electrons. The van der Waals surface area contributed by atoms with Gasteiger partial charge in [0.25, 0.3) is 0 Å². The maximum Gasteiger partial charge on any atom is 0.0372 e. The molecule has 0 unspecified atom stereocenters.